The largest absolute Gasteiger partial charge is 0.481 e. The Bertz CT molecular complexity index is 290. The van der Waals surface area contributed by atoms with Crippen LogP contribution in [0, 0.1) is 5.41 Å². The Morgan fingerprint density at radius 3 is 2.86 bits per heavy atom. The summed E-state index contributed by atoms with van der Waals surface area (Å²) in [6.45, 7) is 4.04. The fourth-order valence-corrected chi connectivity index (χ4v) is 1.50. The van der Waals surface area contributed by atoms with Crippen LogP contribution in [0.3, 0.4) is 0 Å². The normalized spacial score (nSPS) is 11.6. The number of hydrogen-bond donors (Lipinski definition) is 1. The number of aliphatic carboxylic acids is 1. The average molecular weight is 214 g/mol. The molecule has 0 atom stereocenters. The number of carbonyl (C=O) groups is 1. The number of carboxylic acids is 1. The number of rotatable bonds is 5. The smallest absolute Gasteiger partial charge is 0.311 e. The second kappa shape index (κ2) is 4.57. The van der Waals surface area contributed by atoms with Crippen LogP contribution in [0.5, 0.6) is 0 Å². The van der Waals surface area contributed by atoms with E-state index in [0.717, 1.165) is 4.88 Å². The molecule has 14 heavy (non-hydrogen) atoms. The van der Waals surface area contributed by atoms with Crippen LogP contribution in [0.2, 0.25) is 0 Å². The lowest BCUT2D eigenvalue weighted by Gasteiger charge is -2.18. The van der Waals surface area contributed by atoms with Gasteiger partial charge in [0, 0.05) is 4.88 Å². The lowest BCUT2D eigenvalue weighted by atomic mass is 9.95. The van der Waals surface area contributed by atoms with Gasteiger partial charge in [0.1, 0.15) is 0 Å². The Morgan fingerprint density at radius 2 is 2.36 bits per heavy atom. The third kappa shape index (κ3) is 3.12. The highest BCUT2D eigenvalue weighted by Crippen LogP contribution is 2.17. The van der Waals surface area contributed by atoms with Crippen molar-refractivity contribution in [1.82, 2.24) is 0 Å². The Hall–Kier alpha value is -0.870. The van der Waals surface area contributed by atoms with Gasteiger partial charge in [-0.3, -0.25) is 4.79 Å². The molecular weight excluding hydrogens is 200 g/mol. The molecule has 0 spiro atoms. The van der Waals surface area contributed by atoms with Crippen molar-refractivity contribution in [2.45, 2.75) is 20.5 Å². The molecule has 1 rings (SSSR count). The van der Waals surface area contributed by atoms with Crippen LogP contribution in [0.25, 0.3) is 0 Å². The van der Waals surface area contributed by atoms with Gasteiger partial charge < -0.3 is 9.84 Å². The van der Waals surface area contributed by atoms with E-state index >= 15 is 0 Å². The summed E-state index contributed by atoms with van der Waals surface area (Å²) < 4.78 is 5.33. The fourth-order valence-electron chi connectivity index (χ4n) is 0.863. The maximum atomic E-state index is 10.7. The van der Waals surface area contributed by atoms with Gasteiger partial charge in [-0.15, -0.1) is 11.3 Å². The van der Waals surface area contributed by atoms with Gasteiger partial charge in [0.15, 0.2) is 0 Å². The van der Waals surface area contributed by atoms with Crippen LogP contribution in [0.15, 0.2) is 17.5 Å². The number of carboxylic acid groups (broad SMARTS) is 1. The number of ether oxygens (including phenoxy) is 1. The fraction of sp³-hybridized carbons (Fsp3) is 0.500. The van der Waals surface area contributed by atoms with Gasteiger partial charge >= 0.3 is 5.97 Å². The summed E-state index contributed by atoms with van der Waals surface area (Å²) in [7, 11) is 0. The van der Waals surface area contributed by atoms with Crippen molar-refractivity contribution in [3.63, 3.8) is 0 Å². The Morgan fingerprint density at radius 1 is 1.64 bits per heavy atom. The minimum absolute atomic E-state index is 0.236. The first-order valence-corrected chi connectivity index (χ1v) is 5.24. The van der Waals surface area contributed by atoms with E-state index in [2.05, 4.69) is 0 Å². The van der Waals surface area contributed by atoms with Crippen LogP contribution in [0.1, 0.15) is 18.7 Å². The minimum Gasteiger partial charge on any atom is -0.481 e. The standard InChI is InChI=1S/C10H14O3S/c1-10(2,9(11)12)7-13-6-8-4-3-5-14-8/h3-5H,6-7H2,1-2H3,(H,11,12). The molecule has 0 amide bonds. The van der Waals surface area contributed by atoms with Gasteiger partial charge in [-0.25, -0.2) is 0 Å². The van der Waals surface area contributed by atoms with Gasteiger partial charge in [-0.2, -0.15) is 0 Å². The number of thiophene rings is 1. The third-order valence-electron chi connectivity index (χ3n) is 1.87. The third-order valence-corrected chi connectivity index (χ3v) is 2.72. The second-order valence-corrected chi connectivity index (χ2v) is 4.79. The van der Waals surface area contributed by atoms with Gasteiger partial charge in [0.05, 0.1) is 18.6 Å². The van der Waals surface area contributed by atoms with Crippen LogP contribution in [-0.2, 0) is 16.1 Å². The van der Waals surface area contributed by atoms with Crippen LogP contribution in [-0.4, -0.2) is 17.7 Å². The lowest BCUT2D eigenvalue weighted by molar-refractivity contribution is -0.150. The molecule has 0 saturated heterocycles. The SMILES string of the molecule is CC(C)(COCc1cccs1)C(=O)O. The maximum absolute atomic E-state index is 10.7. The molecule has 0 unspecified atom stereocenters. The van der Waals surface area contributed by atoms with Crippen LogP contribution < -0.4 is 0 Å². The molecule has 1 aromatic rings. The summed E-state index contributed by atoms with van der Waals surface area (Å²) in [5.74, 6) is -0.830. The highest BCUT2D eigenvalue weighted by Gasteiger charge is 2.27. The summed E-state index contributed by atoms with van der Waals surface area (Å²) in [4.78, 5) is 11.9. The summed E-state index contributed by atoms with van der Waals surface area (Å²) in [5.41, 5.74) is -0.808. The van der Waals surface area contributed by atoms with Gasteiger partial charge in [-0.1, -0.05) is 6.07 Å². The molecule has 1 N–H and O–H groups in total. The Balaban J connectivity index is 2.31. The molecule has 4 heteroatoms. The molecule has 0 aliphatic heterocycles. The highest BCUT2D eigenvalue weighted by atomic mass is 32.1. The molecule has 1 aromatic heterocycles. The van der Waals surface area contributed by atoms with Gasteiger partial charge in [0.25, 0.3) is 0 Å². The van der Waals surface area contributed by atoms with E-state index in [4.69, 9.17) is 9.84 Å². The van der Waals surface area contributed by atoms with E-state index in [-0.39, 0.29) is 6.61 Å². The monoisotopic (exact) mass is 214 g/mol. The molecule has 0 bridgehead atoms. The first kappa shape index (κ1) is 11.2. The first-order chi connectivity index (χ1) is 6.52. The molecule has 0 fully saturated rings. The zero-order chi connectivity index (χ0) is 10.6. The van der Waals surface area contributed by atoms with E-state index in [1.54, 1.807) is 25.2 Å². The van der Waals surface area contributed by atoms with E-state index in [1.807, 2.05) is 17.5 Å². The molecule has 0 aromatic carbocycles. The van der Waals surface area contributed by atoms with Crippen molar-refractivity contribution in [1.29, 1.82) is 0 Å². The zero-order valence-corrected chi connectivity index (χ0v) is 9.13. The van der Waals surface area contributed by atoms with Crippen molar-refractivity contribution in [2.24, 2.45) is 5.41 Å². The molecule has 0 radical (unpaired) electrons. The van der Waals surface area contributed by atoms with Gasteiger partial charge in [-0.05, 0) is 25.3 Å². The second-order valence-electron chi connectivity index (χ2n) is 3.76. The van der Waals surface area contributed by atoms with Crippen LogP contribution in [0.4, 0.5) is 0 Å². The molecular formula is C10H14O3S. The molecule has 0 aliphatic rings. The highest BCUT2D eigenvalue weighted by molar-refractivity contribution is 7.09. The first-order valence-electron chi connectivity index (χ1n) is 4.36. The average Bonchev–Trinajstić information content (AvgIpc) is 2.56. The zero-order valence-electron chi connectivity index (χ0n) is 8.32. The van der Waals surface area contributed by atoms with Crippen molar-refractivity contribution < 1.29 is 14.6 Å². The topological polar surface area (TPSA) is 46.5 Å². The molecule has 0 saturated carbocycles. The molecule has 0 aliphatic carbocycles. The molecule has 3 nitrogen and oxygen atoms in total. The van der Waals surface area contributed by atoms with E-state index in [9.17, 15) is 4.79 Å². The van der Waals surface area contributed by atoms with E-state index in [1.165, 1.54) is 0 Å². The van der Waals surface area contributed by atoms with E-state index < -0.39 is 11.4 Å². The summed E-state index contributed by atoms with van der Waals surface area (Å²) in [5, 5.41) is 10.8. The van der Waals surface area contributed by atoms with Crippen molar-refractivity contribution in [3.8, 4) is 0 Å². The van der Waals surface area contributed by atoms with Crippen molar-refractivity contribution >= 4 is 17.3 Å². The molecule has 78 valence electrons. The lowest BCUT2D eigenvalue weighted by Crippen LogP contribution is -2.29. The van der Waals surface area contributed by atoms with Crippen molar-refractivity contribution in [3.05, 3.63) is 22.4 Å². The quantitative estimate of drug-likeness (QED) is 0.818. The molecule has 1 heterocycles. The summed E-state index contributed by atoms with van der Waals surface area (Å²) in [6, 6.07) is 3.92. The van der Waals surface area contributed by atoms with Crippen molar-refractivity contribution in [2.75, 3.05) is 6.61 Å². The maximum Gasteiger partial charge on any atom is 0.311 e. The predicted molar refractivity (Wildman–Crippen MR) is 55.4 cm³/mol. The predicted octanol–water partition coefficient (Wildman–Crippen LogP) is 2.38. The summed E-state index contributed by atoms with van der Waals surface area (Å²) >= 11 is 1.61. The minimum atomic E-state index is -0.830. The Kier molecular flexibility index (Phi) is 3.66. The Labute approximate surface area is 87.3 Å². The number of hydrogen-bond acceptors (Lipinski definition) is 3. The van der Waals surface area contributed by atoms with Crippen LogP contribution >= 0.6 is 11.3 Å². The van der Waals surface area contributed by atoms with E-state index in [0.29, 0.717) is 6.61 Å². The summed E-state index contributed by atoms with van der Waals surface area (Å²) in [6.07, 6.45) is 0. The van der Waals surface area contributed by atoms with Gasteiger partial charge in [0.2, 0.25) is 0 Å².